The molecule has 1 N–H and O–H groups in total. The van der Waals surface area contributed by atoms with Gasteiger partial charge in [0.05, 0.1) is 7.11 Å². The molecule has 3 rings (SSSR count). The molecule has 0 amide bonds. The third-order valence-electron chi connectivity index (χ3n) is 2.92. The van der Waals surface area contributed by atoms with Crippen molar-refractivity contribution in [3.63, 3.8) is 0 Å². The summed E-state index contributed by atoms with van der Waals surface area (Å²) in [6.45, 7) is 1.09. The second-order valence-electron chi connectivity index (χ2n) is 3.86. The van der Waals surface area contributed by atoms with Crippen molar-refractivity contribution in [3.8, 4) is 5.75 Å². The number of fused-ring (bicyclic) bond motifs is 1. The van der Waals surface area contributed by atoms with Crippen LogP contribution in [0.3, 0.4) is 0 Å². The highest BCUT2D eigenvalue weighted by Gasteiger charge is 2.24. The predicted molar refractivity (Wildman–Crippen MR) is 61.2 cm³/mol. The van der Waals surface area contributed by atoms with Gasteiger partial charge in [0, 0.05) is 18.0 Å². The molecule has 1 saturated heterocycles. The summed E-state index contributed by atoms with van der Waals surface area (Å²) in [6, 6.07) is 13.2. The zero-order valence-electron chi connectivity index (χ0n) is 8.66. The van der Waals surface area contributed by atoms with E-state index in [2.05, 4.69) is 41.7 Å². The first-order valence-electron chi connectivity index (χ1n) is 5.19. The quantitative estimate of drug-likeness (QED) is 0.753. The molecule has 2 aromatic rings. The van der Waals surface area contributed by atoms with E-state index in [1.807, 2.05) is 0 Å². The SMILES string of the molecule is COc1ccc([C@H]2CN2)c2ccccc12. The highest BCUT2D eigenvalue weighted by molar-refractivity contribution is 5.91. The topological polar surface area (TPSA) is 31.2 Å². The lowest BCUT2D eigenvalue weighted by Crippen LogP contribution is -1.90. The average molecular weight is 199 g/mol. The summed E-state index contributed by atoms with van der Waals surface area (Å²) in [7, 11) is 1.72. The Morgan fingerprint density at radius 1 is 1.13 bits per heavy atom. The van der Waals surface area contributed by atoms with Crippen molar-refractivity contribution in [1.82, 2.24) is 5.32 Å². The number of benzene rings is 2. The van der Waals surface area contributed by atoms with Gasteiger partial charge in [-0.05, 0) is 17.0 Å². The standard InChI is InChI=1S/C13H13NO/c1-15-13-7-6-10(12-8-14-12)9-4-2-3-5-11(9)13/h2-7,12,14H,8H2,1H3/t12-/m1/s1. The molecule has 1 aliphatic heterocycles. The Balaban J connectivity index is 2.30. The van der Waals surface area contributed by atoms with Gasteiger partial charge in [-0.1, -0.05) is 30.3 Å². The third kappa shape index (κ3) is 1.38. The smallest absolute Gasteiger partial charge is 0.126 e. The van der Waals surface area contributed by atoms with Gasteiger partial charge in [-0.15, -0.1) is 0 Å². The largest absolute Gasteiger partial charge is 0.496 e. The molecular weight excluding hydrogens is 186 g/mol. The average Bonchev–Trinajstić information content (AvgIpc) is 3.11. The van der Waals surface area contributed by atoms with Crippen molar-refractivity contribution >= 4 is 10.8 Å². The number of rotatable bonds is 2. The summed E-state index contributed by atoms with van der Waals surface area (Å²) in [5.74, 6) is 0.954. The van der Waals surface area contributed by atoms with Gasteiger partial charge in [0.15, 0.2) is 0 Å². The molecule has 1 heterocycles. The second-order valence-corrected chi connectivity index (χ2v) is 3.86. The lowest BCUT2D eigenvalue weighted by molar-refractivity contribution is 0.419. The summed E-state index contributed by atoms with van der Waals surface area (Å²) >= 11 is 0. The number of ether oxygens (including phenoxy) is 1. The van der Waals surface area contributed by atoms with Gasteiger partial charge < -0.3 is 10.1 Å². The summed E-state index contributed by atoms with van der Waals surface area (Å²) < 4.78 is 5.36. The van der Waals surface area contributed by atoms with Crippen LogP contribution in [-0.2, 0) is 0 Å². The summed E-state index contributed by atoms with van der Waals surface area (Å²) in [6.07, 6.45) is 0. The molecule has 2 heteroatoms. The first kappa shape index (κ1) is 8.74. The Morgan fingerprint density at radius 3 is 2.53 bits per heavy atom. The van der Waals surface area contributed by atoms with Crippen LogP contribution in [0.15, 0.2) is 36.4 Å². The van der Waals surface area contributed by atoms with E-state index in [1.54, 1.807) is 7.11 Å². The van der Waals surface area contributed by atoms with E-state index in [-0.39, 0.29) is 0 Å². The molecule has 0 aromatic heterocycles. The first-order chi connectivity index (χ1) is 7.40. The van der Waals surface area contributed by atoms with Gasteiger partial charge in [0.1, 0.15) is 5.75 Å². The van der Waals surface area contributed by atoms with Crippen molar-refractivity contribution in [2.75, 3.05) is 13.7 Å². The highest BCUT2D eigenvalue weighted by Crippen LogP contribution is 2.34. The van der Waals surface area contributed by atoms with Crippen LogP contribution in [0.2, 0.25) is 0 Å². The molecule has 0 spiro atoms. The Morgan fingerprint density at radius 2 is 1.87 bits per heavy atom. The molecule has 76 valence electrons. The molecule has 2 nitrogen and oxygen atoms in total. The van der Waals surface area contributed by atoms with Gasteiger partial charge in [-0.2, -0.15) is 0 Å². The van der Waals surface area contributed by atoms with Gasteiger partial charge in [-0.3, -0.25) is 0 Å². The highest BCUT2D eigenvalue weighted by atomic mass is 16.5. The maximum Gasteiger partial charge on any atom is 0.126 e. The van der Waals surface area contributed by atoms with Crippen molar-refractivity contribution in [2.24, 2.45) is 0 Å². The van der Waals surface area contributed by atoms with Gasteiger partial charge >= 0.3 is 0 Å². The van der Waals surface area contributed by atoms with Crippen LogP contribution in [-0.4, -0.2) is 13.7 Å². The Labute approximate surface area is 88.9 Å². The van der Waals surface area contributed by atoms with Crippen LogP contribution >= 0.6 is 0 Å². The van der Waals surface area contributed by atoms with Gasteiger partial charge in [0.2, 0.25) is 0 Å². The molecule has 1 aliphatic rings. The summed E-state index contributed by atoms with van der Waals surface area (Å²) in [5.41, 5.74) is 1.38. The minimum Gasteiger partial charge on any atom is -0.496 e. The molecule has 0 bridgehead atoms. The molecule has 1 fully saturated rings. The minimum absolute atomic E-state index is 0.542. The van der Waals surface area contributed by atoms with Crippen LogP contribution in [0, 0.1) is 0 Å². The van der Waals surface area contributed by atoms with E-state index in [0.717, 1.165) is 12.3 Å². The van der Waals surface area contributed by atoms with E-state index in [9.17, 15) is 0 Å². The number of hydrogen-bond acceptors (Lipinski definition) is 2. The maximum atomic E-state index is 5.36. The molecule has 15 heavy (non-hydrogen) atoms. The molecule has 0 radical (unpaired) electrons. The maximum absolute atomic E-state index is 5.36. The van der Waals surface area contributed by atoms with Crippen LogP contribution in [0.25, 0.3) is 10.8 Å². The lowest BCUT2D eigenvalue weighted by Gasteiger charge is -2.08. The van der Waals surface area contributed by atoms with Crippen molar-refractivity contribution in [3.05, 3.63) is 42.0 Å². The summed E-state index contributed by atoms with van der Waals surface area (Å²) in [5, 5.41) is 5.84. The van der Waals surface area contributed by atoms with E-state index in [1.165, 1.54) is 16.3 Å². The molecule has 0 unspecified atom stereocenters. The monoisotopic (exact) mass is 199 g/mol. The number of hydrogen-bond donors (Lipinski definition) is 1. The zero-order valence-corrected chi connectivity index (χ0v) is 8.66. The Kier molecular flexibility index (Phi) is 1.89. The number of methoxy groups -OCH3 is 1. The first-order valence-corrected chi connectivity index (χ1v) is 5.19. The van der Waals surface area contributed by atoms with Crippen LogP contribution in [0.5, 0.6) is 5.75 Å². The fourth-order valence-corrected chi connectivity index (χ4v) is 2.06. The van der Waals surface area contributed by atoms with Crippen LogP contribution in [0.1, 0.15) is 11.6 Å². The normalized spacial score (nSPS) is 19.1. The molecule has 1 atom stereocenters. The van der Waals surface area contributed by atoms with Crippen molar-refractivity contribution < 1.29 is 4.74 Å². The number of nitrogens with one attached hydrogen (secondary N) is 1. The van der Waals surface area contributed by atoms with Gasteiger partial charge in [0.25, 0.3) is 0 Å². The van der Waals surface area contributed by atoms with E-state index < -0.39 is 0 Å². The van der Waals surface area contributed by atoms with Crippen LogP contribution in [0.4, 0.5) is 0 Å². The molecular formula is C13H13NO. The van der Waals surface area contributed by atoms with Crippen molar-refractivity contribution in [2.45, 2.75) is 6.04 Å². The van der Waals surface area contributed by atoms with Crippen molar-refractivity contribution in [1.29, 1.82) is 0 Å². The van der Waals surface area contributed by atoms with E-state index in [0.29, 0.717) is 6.04 Å². The fourth-order valence-electron chi connectivity index (χ4n) is 2.06. The van der Waals surface area contributed by atoms with E-state index >= 15 is 0 Å². The molecule has 0 aliphatic carbocycles. The predicted octanol–water partition coefficient (Wildman–Crippen LogP) is 2.49. The Hall–Kier alpha value is -1.54. The molecule has 2 aromatic carbocycles. The second kappa shape index (κ2) is 3.24. The zero-order chi connectivity index (χ0) is 10.3. The summed E-state index contributed by atoms with van der Waals surface area (Å²) in [4.78, 5) is 0. The fraction of sp³-hybridized carbons (Fsp3) is 0.231. The minimum atomic E-state index is 0.542. The van der Waals surface area contributed by atoms with Gasteiger partial charge in [-0.25, -0.2) is 0 Å². The Bertz CT molecular complexity index is 503. The lowest BCUT2D eigenvalue weighted by atomic mass is 10.0. The third-order valence-corrected chi connectivity index (χ3v) is 2.92. The van der Waals surface area contributed by atoms with E-state index in [4.69, 9.17) is 4.74 Å². The van der Waals surface area contributed by atoms with Crippen LogP contribution < -0.4 is 10.1 Å². The molecule has 0 saturated carbocycles.